The lowest BCUT2D eigenvalue weighted by Gasteiger charge is -2.28. The van der Waals surface area contributed by atoms with Crippen LogP contribution < -0.4 is 10.2 Å². The van der Waals surface area contributed by atoms with Crippen LogP contribution in [0.2, 0.25) is 0 Å². The third kappa shape index (κ3) is 3.29. The van der Waals surface area contributed by atoms with Gasteiger partial charge in [-0.2, -0.15) is 13.2 Å². The number of aryl methyl sites for hydroxylation is 1. The van der Waals surface area contributed by atoms with Crippen molar-refractivity contribution in [2.75, 3.05) is 31.1 Å². The Bertz CT molecular complexity index is 694. The summed E-state index contributed by atoms with van der Waals surface area (Å²) in [6.07, 6.45) is -4.54. The third-order valence-electron chi connectivity index (χ3n) is 3.93. The van der Waals surface area contributed by atoms with Crippen LogP contribution in [0.15, 0.2) is 30.3 Å². The Balaban J connectivity index is 2.11. The first kappa shape index (κ1) is 15.7. The molecule has 1 aromatic heterocycles. The van der Waals surface area contributed by atoms with Crippen LogP contribution in [-0.2, 0) is 6.18 Å². The van der Waals surface area contributed by atoms with Crippen molar-refractivity contribution in [2.45, 2.75) is 13.1 Å². The largest absolute Gasteiger partial charge is 0.435 e. The number of rotatable bonds is 2. The molecule has 0 aliphatic carbocycles. The van der Waals surface area contributed by atoms with Gasteiger partial charge in [0.15, 0.2) is 11.5 Å². The van der Waals surface area contributed by atoms with Gasteiger partial charge in [0.25, 0.3) is 0 Å². The number of hydrogen-bond donors (Lipinski definition) is 1. The first-order chi connectivity index (χ1) is 11.0. The minimum atomic E-state index is -4.54. The number of nitrogens with one attached hydrogen (secondary N) is 1. The summed E-state index contributed by atoms with van der Waals surface area (Å²) in [5.74, 6) is 0.484. The van der Waals surface area contributed by atoms with Crippen LogP contribution in [-0.4, -0.2) is 36.4 Å². The summed E-state index contributed by atoms with van der Waals surface area (Å²) in [6.45, 7) is 4.76. The van der Waals surface area contributed by atoms with Gasteiger partial charge in [-0.05, 0) is 24.1 Å². The smallest absolute Gasteiger partial charge is 0.353 e. The number of hydrogen-bond acceptors (Lipinski definition) is 4. The Morgan fingerprint density at radius 2 is 1.74 bits per heavy atom. The highest BCUT2D eigenvalue weighted by Gasteiger charge is 2.37. The molecule has 1 saturated heterocycles. The molecule has 0 saturated carbocycles. The molecule has 122 valence electrons. The summed E-state index contributed by atoms with van der Waals surface area (Å²) in [5, 5.41) is 10.5. The van der Waals surface area contributed by atoms with Crippen molar-refractivity contribution in [3.05, 3.63) is 41.6 Å². The van der Waals surface area contributed by atoms with E-state index >= 15 is 0 Å². The number of alkyl halides is 3. The lowest BCUT2D eigenvalue weighted by Crippen LogP contribution is -2.44. The first-order valence-corrected chi connectivity index (χ1v) is 7.43. The van der Waals surface area contributed by atoms with Crippen LogP contribution in [0.25, 0.3) is 11.1 Å². The molecule has 0 amide bonds. The predicted molar refractivity (Wildman–Crippen MR) is 82.3 cm³/mol. The van der Waals surface area contributed by atoms with Crippen LogP contribution in [0.3, 0.4) is 0 Å². The maximum absolute atomic E-state index is 13.3. The fraction of sp³-hybridized carbons (Fsp3) is 0.375. The maximum atomic E-state index is 13.3. The summed E-state index contributed by atoms with van der Waals surface area (Å²) < 4.78 is 39.9. The highest BCUT2D eigenvalue weighted by Crippen LogP contribution is 2.37. The Morgan fingerprint density at radius 3 is 2.39 bits per heavy atom. The molecule has 1 aromatic carbocycles. The molecule has 0 unspecified atom stereocenters. The number of nitrogens with zero attached hydrogens (tertiary/aromatic N) is 3. The minimum Gasteiger partial charge on any atom is -0.353 e. The lowest BCUT2D eigenvalue weighted by molar-refractivity contribution is -0.141. The average molecular weight is 322 g/mol. The highest BCUT2D eigenvalue weighted by atomic mass is 19.4. The average Bonchev–Trinajstić information content (AvgIpc) is 2.55. The van der Waals surface area contributed by atoms with Gasteiger partial charge in [-0.25, -0.2) is 0 Å². The van der Waals surface area contributed by atoms with E-state index in [0.717, 1.165) is 18.7 Å². The van der Waals surface area contributed by atoms with Crippen LogP contribution >= 0.6 is 0 Å². The minimum absolute atomic E-state index is 0.0825. The summed E-state index contributed by atoms with van der Waals surface area (Å²) in [6, 6.07) is 8.51. The van der Waals surface area contributed by atoms with Crippen molar-refractivity contribution >= 4 is 5.82 Å². The SMILES string of the molecule is Cc1ccccc1-c1cc(N2CCNCC2)nnc1C(F)(F)F. The molecule has 23 heavy (non-hydrogen) atoms. The van der Waals surface area contributed by atoms with Crippen molar-refractivity contribution in [1.29, 1.82) is 0 Å². The normalized spacial score (nSPS) is 15.7. The molecule has 0 bridgehead atoms. The van der Waals surface area contributed by atoms with Crippen LogP contribution in [0, 0.1) is 6.92 Å². The third-order valence-corrected chi connectivity index (χ3v) is 3.93. The second kappa shape index (κ2) is 6.16. The highest BCUT2D eigenvalue weighted by molar-refractivity contribution is 5.72. The van der Waals surface area contributed by atoms with Gasteiger partial charge < -0.3 is 10.2 Å². The van der Waals surface area contributed by atoms with Crippen LogP contribution in [0.1, 0.15) is 11.3 Å². The Labute approximate surface area is 132 Å². The van der Waals surface area contributed by atoms with E-state index < -0.39 is 11.9 Å². The number of benzene rings is 1. The molecule has 2 heterocycles. The van der Waals surface area contributed by atoms with E-state index in [1.807, 2.05) is 4.90 Å². The number of piperazine rings is 1. The van der Waals surface area contributed by atoms with Gasteiger partial charge >= 0.3 is 6.18 Å². The number of anilines is 1. The first-order valence-electron chi connectivity index (χ1n) is 7.43. The zero-order chi connectivity index (χ0) is 16.4. The van der Waals surface area contributed by atoms with Crippen molar-refractivity contribution in [3.8, 4) is 11.1 Å². The fourth-order valence-electron chi connectivity index (χ4n) is 2.72. The monoisotopic (exact) mass is 322 g/mol. The molecule has 1 aliphatic heterocycles. The standard InChI is InChI=1S/C16H17F3N4/c1-11-4-2-3-5-12(11)13-10-14(23-8-6-20-7-9-23)21-22-15(13)16(17,18)19/h2-5,10,20H,6-9H2,1H3. The second-order valence-corrected chi connectivity index (χ2v) is 5.51. The summed E-state index contributed by atoms with van der Waals surface area (Å²) in [5.41, 5.74) is 0.452. The van der Waals surface area contributed by atoms with Gasteiger partial charge in [0.05, 0.1) is 0 Å². The molecule has 7 heteroatoms. The molecule has 2 aromatic rings. The topological polar surface area (TPSA) is 41.0 Å². The zero-order valence-electron chi connectivity index (χ0n) is 12.7. The number of halogens is 3. The summed E-state index contributed by atoms with van der Waals surface area (Å²) in [7, 11) is 0. The molecule has 0 spiro atoms. The van der Waals surface area contributed by atoms with E-state index in [0.29, 0.717) is 24.5 Å². The van der Waals surface area contributed by atoms with E-state index in [2.05, 4.69) is 15.5 Å². The van der Waals surface area contributed by atoms with E-state index in [1.165, 1.54) is 6.07 Å². The predicted octanol–water partition coefficient (Wildman–Crippen LogP) is 2.88. The Hall–Kier alpha value is -2.15. The lowest BCUT2D eigenvalue weighted by atomic mass is 9.99. The zero-order valence-corrected chi connectivity index (χ0v) is 12.7. The molecule has 0 radical (unpaired) electrons. The van der Waals surface area contributed by atoms with Gasteiger partial charge in [0.2, 0.25) is 0 Å². The van der Waals surface area contributed by atoms with E-state index in [9.17, 15) is 13.2 Å². The molecule has 1 aliphatic rings. The van der Waals surface area contributed by atoms with Gasteiger partial charge in [-0.1, -0.05) is 24.3 Å². The summed E-state index contributed by atoms with van der Waals surface area (Å²) in [4.78, 5) is 1.95. The molecule has 1 N–H and O–H groups in total. The number of aromatic nitrogens is 2. The molecule has 0 atom stereocenters. The van der Waals surface area contributed by atoms with E-state index in [4.69, 9.17) is 0 Å². The Kier molecular flexibility index (Phi) is 4.21. The fourth-order valence-corrected chi connectivity index (χ4v) is 2.72. The van der Waals surface area contributed by atoms with Gasteiger partial charge in [-0.15, -0.1) is 10.2 Å². The molecule has 1 fully saturated rings. The maximum Gasteiger partial charge on any atom is 0.435 e. The van der Waals surface area contributed by atoms with Crippen molar-refractivity contribution in [2.24, 2.45) is 0 Å². The molecular formula is C16H17F3N4. The Morgan fingerprint density at radius 1 is 1.04 bits per heavy atom. The van der Waals surface area contributed by atoms with Crippen molar-refractivity contribution < 1.29 is 13.2 Å². The van der Waals surface area contributed by atoms with Crippen molar-refractivity contribution in [1.82, 2.24) is 15.5 Å². The molecule has 4 nitrogen and oxygen atoms in total. The van der Waals surface area contributed by atoms with Crippen LogP contribution in [0.5, 0.6) is 0 Å². The quantitative estimate of drug-likeness (QED) is 0.923. The molecular weight excluding hydrogens is 305 g/mol. The molecule has 3 rings (SSSR count). The van der Waals surface area contributed by atoms with Gasteiger partial charge in [0.1, 0.15) is 0 Å². The van der Waals surface area contributed by atoms with Gasteiger partial charge in [0, 0.05) is 31.7 Å². The summed E-state index contributed by atoms with van der Waals surface area (Å²) >= 11 is 0. The van der Waals surface area contributed by atoms with E-state index in [-0.39, 0.29) is 5.56 Å². The van der Waals surface area contributed by atoms with Crippen molar-refractivity contribution in [3.63, 3.8) is 0 Å². The van der Waals surface area contributed by atoms with Gasteiger partial charge in [-0.3, -0.25) is 0 Å². The van der Waals surface area contributed by atoms with Crippen LogP contribution in [0.4, 0.5) is 19.0 Å². The second-order valence-electron chi connectivity index (χ2n) is 5.51. The van der Waals surface area contributed by atoms with E-state index in [1.54, 1.807) is 31.2 Å².